The number of nitrogens with two attached hydrogens (primary N) is 1. The van der Waals surface area contributed by atoms with Crippen LogP contribution in [0.3, 0.4) is 0 Å². The van der Waals surface area contributed by atoms with Crippen LogP contribution in [-0.2, 0) is 17.3 Å². The first-order valence-electron chi connectivity index (χ1n) is 11.0. The molecule has 0 saturated heterocycles. The van der Waals surface area contributed by atoms with Crippen LogP contribution in [-0.4, -0.2) is 28.8 Å². The fourth-order valence-corrected chi connectivity index (χ4v) is 4.32. The minimum absolute atomic E-state index is 0.126. The third kappa shape index (κ3) is 4.54. The minimum atomic E-state index is -4.80. The smallest absolute Gasteiger partial charge is 0.417 e. The molecule has 1 heterocycles. The number of aromatic nitrogens is 2. The number of anilines is 1. The van der Waals surface area contributed by atoms with Gasteiger partial charge in [0.25, 0.3) is 5.91 Å². The molecular weight excluding hydrogens is 495 g/mol. The Labute approximate surface area is 209 Å². The summed E-state index contributed by atoms with van der Waals surface area (Å²) >= 11 is 6.10. The Morgan fingerprint density at radius 3 is 2.50 bits per heavy atom. The van der Waals surface area contributed by atoms with Crippen molar-refractivity contribution in [3.63, 3.8) is 0 Å². The molecule has 1 aromatic heterocycles. The second-order valence-electron chi connectivity index (χ2n) is 8.12. The number of nitrogen functional groups attached to an aromatic ring is 1. The van der Waals surface area contributed by atoms with Crippen molar-refractivity contribution in [2.45, 2.75) is 25.9 Å². The molecule has 6 nitrogen and oxygen atoms in total. The molecule has 0 radical (unpaired) electrons. The van der Waals surface area contributed by atoms with Crippen LogP contribution in [0, 0.1) is 0 Å². The topological polar surface area (TPSA) is 87.2 Å². The summed E-state index contributed by atoms with van der Waals surface area (Å²) in [6, 6.07) is 13.1. The number of rotatable bonds is 5. The molecule has 0 spiro atoms. The van der Waals surface area contributed by atoms with Gasteiger partial charge in [0.05, 0.1) is 34.3 Å². The maximum absolute atomic E-state index is 13.7. The Morgan fingerprint density at radius 1 is 1.11 bits per heavy atom. The second kappa shape index (κ2) is 9.66. The lowest BCUT2D eigenvalue weighted by Crippen LogP contribution is -2.20. The van der Waals surface area contributed by atoms with Gasteiger partial charge in [-0.1, -0.05) is 49.2 Å². The van der Waals surface area contributed by atoms with Crippen LogP contribution in [0.2, 0.25) is 5.02 Å². The fraction of sp³-hybridized carbons (Fsp3) is 0.192. The van der Waals surface area contributed by atoms with Crippen LogP contribution in [0.1, 0.15) is 45.2 Å². The summed E-state index contributed by atoms with van der Waals surface area (Å²) in [5.74, 6) is -1.64. The number of esters is 1. The molecule has 0 aliphatic carbocycles. The number of ether oxygens (including phenoxy) is 1. The van der Waals surface area contributed by atoms with Crippen molar-refractivity contribution in [1.82, 2.24) is 9.78 Å². The van der Waals surface area contributed by atoms with Gasteiger partial charge in [0.1, 0.15) is 5.69 Å². The molecule has 0 amide bonds. The number of carbonyl (C=O) groups is 2. The maximum Gasteiger partial charge on any atom is 0.417 e. The van der Waals surface area contributed by atoms with Gasteiger partial charge < -0.3 is 10.5 Å². The number of fused-ring (bicyclic) bond motifs is 1. The SMILES string of the molecule is CCCc1ccc2c(-c3ccc(C(=O)OC)c(N)c3)nn(C(=O)c3c(Cl)cccc3C(F)(F)F)c2c1. The number of hydrogen-bond donors (Lipinski definition) is 1. The minimum Gasteiger partial charge on any atom is -0.465 e. The summed E-state index contributed by atoms with van der Waals surface area (Å²) in [6.45, 7) is 1.99. The third-order valence-corrected chi connectivity index (χ3v) is 6.05. The maximum atomic E-state index is 13.7. The number of nitrogens with zero attached hydrogens (tertiary/aromatic N) is 2. The summed E-state index contributed by atoms with van der Waals surface area (Å²) in [6.07, 6.45) is -3.27. The molecule has 0 atom stereocenters. The Bertz CT molecular complexity index is 1500. The molecule has 0 aliphatic heterocycles. The van der Waals surface area contributed by atoms with Crippen LogP contribution >= 0.6 is 11.6 Å². The Hall–Kier alpha value is -3.85. The van der Waals surface area contributed by atoms with Gasteiger partial charge in [0.15, 0.2) is 0 Å². The molecule has 0 aliphatic rings. The van der Waals surface area contributed by atoms with Gasteiger partial charge in [-0.2, -0.15) is 23.0 Å². The highest BCUT2D eigenvalue weighted by Gasteiger charge is 2.37. The normalized spacial score (nSPS) is 11.6. The van der Waals surface area contributed by atoms with Gasteiger partial charge in [-0.25, -0.2) is 4.79 Å². The molecule has 4 aromatic rings. The van der Waals surface area contributed by atoms with Crippen molar-refractivity contribution < 1.29 is 27.5 Å². The van der Waals surface area contributed by atoms with E-state index in [4.69, 9.17) is 22.1 Å². The van der Waals surface area contributed by atoms with Gasteiger partial charge >= 0.3 is 12.1 Å². The number of methoxy groups -OCH3 is 1. The highest BCUT2D eigenvalue weighted by Crippen LogP contribution is 2.37. The van der Waals surface area contributed by atoms with Gasteiger partial charge in [0.2, 0.25) is 0 Å². The molecule has 3 aromatic carbocycles. The van der Waals surface area contributed by atoms with Crippen molar-refractivity contribution in [3.8, 4) is 11.3 Å². The number of carbonyl (C=O) groups excluding carboxylic acids is 2. The first kappa shape index (κ1) is 25.2. The first-order valence-corrected chi connectivity index (χ1v) is 11.3. The van der Waals surface area contributed by atoms with Crippen LogP contribution in [0.25, 0.3) is 22.2 Å². The molecular formula is C26H21ClF3N3O3. The van der Waals surface area contributed by atoms with Crippen molar-refractivity contribution in [2.75, 3.05) is 12.8 Å². The first-order chi connectivity index (χ1) is 17.1. The lowest BCUT2D eigenvalue weighted by atomic mass is 10.0. The van der Waals surface area contributed by atoms with E-state index in [0.29, 0.717) is 28.6 Å². The summed E-state index contributed by atoms with van der Waals surface area (Å²) in [7, 11) is 1.23. The monoisotopic (exact) mass is 515 g/mol. The highest BCUT2D eigenvalue weighted by atomic mass is 35.5. The summed E-state index contributed by atoms with van der Waals surface area (Å²) in [5.41, 5.74) is 6.47. The van der Waals surface area contributed by atoms with E-state index in [-0.39, 0.29) is 16.3 Å². The lowest BCUT2D eigenvalue weighted by Gasteiger charge is -2.13. The van der Waals surface area contributed by atoms with Crippen molar-refractivity contribution in [2.24, 2.45) is 0 Å². The zero-order valence-electron chi connectivity index (χ0n) is 19.3. The molecule has 186 valence electrons. The van der Waals surface area contributed by atoms with Gasteiger partial charge in [-0.05, 0) is 42.3 Å². The van der Waals surface area contributed by atoms with E-state index < -0.39 is 29.2 Å². The molecule has 0 saturated carbocycles. The third-order valence-electron chi connectivity index (χ3n) is 5.74. The van der Waals surface area contributed by atoms with Crippen molar-refractivity contribution in [3.05, 3.63) is 81.9 Å². The zero-order chi connectivity index (χ0) is 26.2. The number of hydrogen-bond acceptors (Lipinski definition) is 5. The number of alkyl halides is 3. The van der Waals surface area contributed by atoms with Crippen LogP contribution in [0.5, 0.6) is 0 Å². The van der Waals surface area contributed by atoms with Gasteiger partial charge in [-0.15, -0.1) is 0 Å². The van der Waals surface area contributed by atoms with E-state index in [2.05, 4.69) is 5.10 Å². The fourth-order valence-electron chi connectivity index (χ4n) is 4.06. The molecule has 2 N–H and O–H groups in total. The van der Waals surface area contributed by atoms with E-state index in [1.807, 2.05) is 13.0 Å². The average Bonchev–Trinajstić information content (AvgIpc) is 3.21. The van der Waals surface area contributed by atoms with Crippen LogP contribution in [0.15, 0.2) is 54.6 Å². The Balaban J connectivity index is 1.96. The molecule has 0 unspecified atom stereocenters. The summed E-state index contributed by atoms with van der Waals surface area (Å²) in [4.78, 5) is 25.5. The van der Waals surface area contributed by atoms with E-state index in [9.17, 15) is 22.8 Å². The average molecular weight is 516 g/mol. The Morgan fingerprint density at radius 2 is 1.86 bits per heavy atom. The van der Waals surface area contributed by atoms with Gasteiger partial charge in [-0.3, -0.25) is 4.79 Å². The highest BCUT2D eigenvalue weighted by molar-refractivity contribution is 6.34. The lowest BCUT2D eigenvalue weighted by molar-refractivity contribution is -0.137. The van der Waals surface area contributed by atoms with Crippen molar-refractivity contribution in [1.29, 1.82) is 0 Å². The predicted octanol–water partition coefficient (Wildman–Crippen LogP) is 6.39. The Kier molecular flexibility index (Phi) is 6.77. The summed E-state index contributed by atoms with van der Waals surface area (Å²) < 4.78 is 46.9. The van der Waals surface area contributed by atoms with E-state index >= 15 is 0 Å². The van der Waals surface area contributed by atoms with E-state index in [1.165, 1.54) is 25.3 Å². The number of halogens is 4. The molecule has 4 rings (SSSR count). The quantitative estimate of drug-likeness (QED) is 0.246. The molecule has 0 fully saturated rings. The van der Waals surface area contributed by atoms with Crippen molar-refractivity contribution >= 4 is 40.1 Å². The van der Waals surface area contributed by atoms with E-state index in [1.54, 1.807) is 18.2 Å². The molecule has 36 heavy (non-hydrogen) atoms. The molecule has 0 bridgehead atoms. The number of aryl methyl sites for hydroxylation is 1. The standard InChI is InChI=1S/C26H21ClF3N3O3/c1-3-5-14-8-10-17-21(12-14)33(24(34)22-18(26(28,29)30)6-4-7-19(22)27)32-23(17)15-9-11-16(20(31)13-15)25(35)36-2/h4,6-13H,3,5,31H2,1-2H3. The largest absolute Gasteiger partial charge is 0.465 e. The molecule has 10 heteroatoms. The van der Waals surface area contributed by atoms with Gasteiger partial charge in [0, 0.05) is 16.6 Å². The summed E-state index contributed by atoms with van der Waals surface area (Å²) in [5, 5.41) is 4.59. The predicted molar refractivity (Wildman–Crippen MR) is 131 cm³/mol. The van der Waals surface area contributed by atoms with Crippen LogP contribution in [0.4, 0.5) is 18.9 Å². The van der Waals surface area contributed by atoms with E-state index in [0.717, 1.165) is 28.8 Å². The van der Waals surface area contributed by atoms with Crippen LogP contribution < -0.4 is 5.73 Å². The zero-order valence-corrected chi connectivity index (χ0v) is 20.1. The second-order valence-corrected chi connectivity index (χ2v) is 8.53. The number of benzene rings is 3.